The van der Waals surface area contributed by atoms with Gasteiger partial charge in [-0.05, 0) is 12.1 Å². The SMILES string of the molecule is C=CCn1c(=NS(=O)(=O)c2ccccc2)sc2cc(OC)c(OC)cc21. The fourth-order valence-corrected chi connectivity index (χ4v) is 4.79. The number of rotatable bonds is 6. The maximum Gasteiger partial charge on any atom is 0.285 e. The normalized spacial score (nSPS) is 12.3. The van der Waals surface area contributed by atoms with E-state index in [-0.39, 0.29) is 4.90 Å². The monoisotopic (exact) mass is 390 g/mol. The number of fused-ring (bicyclic) bond motifs is 1. The first kappa shape index (κ1) is 18.2. The standard InChI is InChI=1S/C18H18N2O4S2/c1-4-10-20-14-11-15(23-2)16(24-3)12-17(14)25-18(20)19-26(21,22)13-8-6-5-7-9-13/h4-9,11-12H,1,10H2,2-3H3. The number of hydrogen-bond acceptors (Lipinski definition) is 5. The molecule has 0 radical (unpaired) electrons. The average Bonchev–Trinajstić information content (AvgIpc) is 2.97. The van der Waals surface area contributed by atoms with Gasteiger partial charge in [-0.15, -0.1) is 11.0 Å². The Hall–Kier alpha value is -2.58. The Morgan fingerprint density at radius 3 is 2.42 bits per heavy atom. The molecule has 3 aromatic rings. The van der Waals surface area contributed by atoms with Crippen LogP contribution >= 0.6 is 11.3 Å². The minimum atomic E-state index is -3.82. The lowest BCUT2D eigenvalue weighted by Crippen LogP contribution is -2.16. The van der Waals surface area contributed by atoms with Crippen molar-refractivity contribution in [3.05, 3.63) is 59.9 Å². The van der Waals surface area contributed by atoms with Crippen LogP contribution in [0, 0.1) is 0 Å². The molecule has 0 aliphatic heterocycles. The maximum atomic E-state index is 12.6. The fourth-order valence-electron chi connectivity index (χ4n) is 2.52. The molecule has 1 heterocycles. The lowest BCUT2D eigenvalue weighted by molar-refractivity contribution is 0.355. The number of thiazole rings is 1. The van der Waals surface area contributed by atoms with Crippen molar-refractivity contribution in [1.82, 2.24) is 4.57 Å². The van der Waals surface area contributed by atoms with E-state index >= 15 is 0 Å². The van der Waals surface area contributed by atoms with Crippen LogP contribution in [0.5, 0.6) is 11.5 Å². The predicted octanol–water partition coefficient (Wildman–Crippen LogP) is 3.20. The Bertz CT molecular complexity index is 1110. The second-order valence-electron chi connectivity index (χ2n) is 5.34. The van der Waals surface area contributed by atoms with Gasteiger partial charge in [-0.1, -0.05) is 35.6 Å². The Morgan fingerprint density at radius 1 is 1.15 bits per heavy atom. The third-order valence-electron chi connectivity index (χ3n) is 3.74. The first-order valence-electron chi connectivity index (χ1n) is 7.72. The van der Waals surface area contributed by atoms with Gasteiger partial charge in [0.2, 0.25) is 4.80 Å². The van der Waals surface area contributed by atoms with Gasteiger partial charge in [0.05, 0.1) is 29.3 Å². The van der Waals surface area contributed by atoms with Crippen LogP contribution in [0.1, 0.15) is 0 Å². The highest BCUT2D eigenvalue weighted by Crippen LogP contribution is 2.33. The largest absolute Gasteiger partial charge is 0.493 e. The minimum absolute atomic E-state index is 0.151. The van der Waals surface area contributed by atoms with Gasteiger partial charge < -0.3 is 14.0 Å². The number of hydrogen-bond donors (Lipinski definition) is 0. The summed E-state index contributed by atoms with van der Waals surface area (Å²) in [5.74, 6) is 1.14. The highest BCUT2D eigenvalue weighted by atomic mass is 32.2. The molecule has 0 atom stereocenters. The first-order valence-corrected chi connectivity index (χ1v) is 9.98. The van der Waals surface area contributed by atoms with Crippen molar-refractivity contribution >= 4 is 31.6 Å². The number of sulfonamides is 1. The molecule has 2 aromatic carbocycles. The molecule has 0 saturated carbocycles. The fraction of sp³-hybridized carbons (Fsp3) is 0.167. The molecule has 3 rings (SSSR count). The van der Waals surface area contributed by atoms with E-state index in [1.54, 1.807) is 43.1 Å². The van der Waals surface area contributed by atoms with E-state index in [1.807, 2.05) is 12.1 Å². The lowest BCUT2D eigenvalue weighted by Gasteiger charge is -2.08. The zero-order valence-corrected chi connectivity index (χ0v) is 16.0. The number of methoxy groups -OCH3 is 2. The minimum Gasteiger partial charge on any atom is -0.493 e. The average molecular weight is 390 g/mol. The molecule has 0 spiro atoms. The summed E-state index contributed by atoms with van der Waals surface area (Å²) in [4.78, 5) is 0.511. The van der Waals surface area contributed by atoms with E-state index in [4.69, 9.17) is 9.47 Å². The number of benzene rings is 2. The van der Waals surface area contributed by atoms with E-state index < -0.39 is 10.0 Å². The van der Waals surface area contributed by atoms with Crippen molar-refractivity contribution in [3.8, 4) is 11.5 Å². The van der Waals surface area contributed by atoms with Gasteiger partial charge in [-0.3, -0.25) is 0 Å². The summed E-state index contributed by atoms with van der Waals surface area (Å²) >= 11 is 1.27. The molecule has 0 unspecified atom stereocenters. The van der Waals surface area contributed by atoms with E-state index in [2.05, 4.69) is 11.0 Å². The molecule has 0 aliphatic carbocycles. The van der Waals surface area contributed by atoms with Crippen LogP contribution in [0.15, 0.2) is 64.4 Å². The smallest absolute Gasteiger partial charge is 0.285 e. The van der Waals surface area contributed by atoms with Crippen LogP contribution in [0.4, 0.5) is 0 Å². The van der Waals surface area contributed by atoms with E-state index in [9.17, 15) is 8.42 Å². The van der Waals surface area contributed by atoms with Crippen LogP contribution in [-0.4, -0.2) is 27.2 Å². The summed E-state index contributed by atoms with van der Waals surface area (Å²) in [5.41, 5.74) is 0.801. The quantitative estimate of drug-likeness (QED) is 0.606. The summed E-state index contributed by atoms with van der Waals surface area (Å²) < 4.78 is 42.6. The van der Waals surface area contributed by atoms with Gasteiger partial charge in [0, 0.05) is 18.7 Å². The maximum absolute atomic E-state index is 12.6. The molecule has 8 heteroatoms. The Balaban J connectivity index is 2.28. The Kier molecular flexibility index (Phi) is 5.15. The van der Waals surface area contributed by atoms with Crippen molar-refractivity contribution in [1.29, 1.82) is 0 Å². The molecule has 0 N–H and O–H groups in total. The zero-order chi connectivity index (χ0) is 18.7. The molecule has 136 valence electrons. The second-order valence-corrected chi connectivity index (χ2v) is 7.95. The molecular formula is C18H18N2O4S2. The number of allylic oxidation sites excluding steroid dienone is 1. The van der Waals surface area contributed by atoms with Crippen molar-refractivity contribution in [3.63, 3.8) is 0 Å². The van der Waals surface area contributed by atoms with Crippen molar-refractivity contribution < 1.29 is 17.9 Å². The lowest BCUT2D eigenvalue weighted by atomic mass is 10.3. The molecule has 0 saturated heterocycles. The van der Waals surface area contributed by atoms with Crippen molar-refractivity contribution in [2.75, 3.05) is 14.2 Å². The van der Waals surface area contributed by atoms with Crippen molar-refractivity contribution in [2.24, 2.45) is 4.40 Å². The van der Waals surface area contributed by atoms with Gasteiger partial charge in [0.25, 0.3) is 10.0 Å². The zero-order valence-electron chi connectivity index (χ0n) is 14.4. The Morgan fingerprint density at radius 2 is 1.81 bits per heavy atom. The van der Waals surface area contributed by atoms with E-state index in [1.165, 1.54) is 23.5 Å². The summed E-state index contributed by atoms with van der Waals surface area (Å²) in [6.07, 6.45) is 1.69. The predicted molar refractivity (Wildman–Crippen MR) is 102 cm³/mol. The molecule has 0 aliphatic rings. The molecule has 0 amide bonds. The van der Waals surface area contributed by atoms with Crippen LogP contribution in [0.3, 0.4) is 0 Å². The third-order valence-corrected chi connectivity index (χ3v) is 6.18. The summed E-state index contributed by atoms with van der Waals surface area (Å²) in [5, 5.41) is 0. The molecule has 26 heavy (non-hydrogen) atoms. The van der Waals surface area contributed by atoms with Gasteiger partial charge >= 0.3 is 0 Å². The third kappa shape index (κ3) is 3.38. The van der Waals surface area contributed by atoms with Crippen LogP contribution < -0.4 is 14.3 Å². The topological polar surface area (TPSA) is 69.9 Å². The van der Waals surface area contributed by atoms with Crippen molar-refractivity contribution in [2.45, 2.75) is 11.4 Å². The van der Waals surface area contributed by atoms with Gasteiger partial charge in [0.1, 0.15) is 0 Å². The summed E-state index contributed by atoms with van der Waals surface area (Å²) in [7, 11) is -0.705. The number of aromatic nitrogens is 1. The number of ether oxygens (including phenoxy) is 2. The van der Waals surface area contributed by atoms with Gasteiger partial charge in [-0.2, -0.15) is 8.42 Å². The molecule has 1 aromatic heterocycles. The molecular weight excluding hydrogens is 372 g/mol. The van der Waals surface area contributed by atoms with Crippen LogP contribution in [-0.2, 0) is 16.6 Å². The number of nitrogens with zero attached hydrogens (tertiary/aromatic N) is 2. The van der Waals surface area contributed by atoms with Gasteiger partial charge in [-0.25, -0.2) is 0 Å². The van der Waals surface area contributed by atoms with Crippen LogP contribution in [0.2, 0.25) is 0 Å². The first-order chi connectivity index (χ1) is 12.5. The molecule has 0 bridgehead atoms. The molecule has 0 fully saturated rings. The van der Waals surface area contributed by atoms with Crippen LogP contribution in [0.25, 0.3) is 10.2 Å². The highest BCUT2D eigenvalue weighted by Gasteiger charge is 2.16. The van der Waals surface area contributed by atoms with E-state index in [0.717, 1.165) is 10.2 Å². The Labute approximate surface area is 155 Å². The highest BCUT2D eigenvalue weighted by molar-refractivity contribution is 7.90. The van der Waals surface area contributed by atoms with E-state index in [0.29, 0.717) is 22.8 Å². The summed E-state index contributed by atoms with van der Waals surface area (Å²) in [6, 6.07) is 11.8. The van der Waals surface area contributed by atoms with Gasteiger partial charge in [0.15, 0.2) is 11.5 Å². The summed E-state index contributed by atoms with van der Waals surface area (Å²) in [6.45, 7) is 4.17. The second kappa shape index (κ2) is 7.35. The molecule has 6 nitrogen and oxygen atoms in total.